The van der Waals surface area contributed by atoms with Crippen LogP contribution < -0.4 is 14.1 Å². The number of ether oxygens (including phenoxy) is 1. The van der Waals surface area contributed by atoms with Crippen LogP contribution in [0.15, 0.2) is 60.0 Å². The molecule has 0 radical (unpaired) electrons. The largest absolute Gasteiger partial charge is 0.506 e. The second-order valence-corrected chi connectivity index (χ2v) is 14.1. The smallest absolute Gasteiger partial charge is 0.289 e. The molecule has 48 heavy (non-hydrogen) atoms. The van der Waals surface area contributed by atoms with Crippen LogP contribution in [0.4, 0.5) is 11.4 Å². The van der Waals surface area contributed by atoms with Crippen LogP contribution in [-0.2, 0) is 0 Å². The molecule has 246 valence electrons. The average Bonchev–Trinajstić information content (AvgIpc) is 3.93. The first kappa shape index (κ1) is 31.1. The van der Waals surface area contributed by atoms with Gasteiger partial charge in [0.25, 0.3) is 11.8 Å². The number of carbonyl (C=O) groups is 2. The zero-order valence-corrected chi connectivity index (χ0v) is 28.5. The summed E-state index contributed by atoms with van der Waals surface area (Å²) in [5.74, 6) is 0.562. The number of carbonyl (C=O) groups excluding carboxylic acids is 2. The van der Waals surface area contributed by atoms with Crippen molar-refractivity contribution < 1.29 is 19.4 Å². The van der Waals surface area contributed by atoms with Gasteiger partial charge in [0.1, 0.15) is 29.5 Å². The fourth-order valence-electron chi connectivity index (χ4n) is 7.07. The Balaban J connectivity index is 1.01. The summed E-state index contributed by atoms with van der Waals surface area (Å²) >= 11 is 14.5. The van der Waals surface area contributed by atoms with Crippen molar-refractivity contribution in [1.82, 2.24) is 14.9 Å². The summed E-state index contributed by atoms with van der Waals surface area (Å²) < 4.78 is 7.87. The Bertz CT molecular complexity index is 2220. The minimum Gasteiger partial charge on any atom is -0.506 e. The van der Waals surface area contributed by atoms with Crippen molar-refractivity contribution in [2.75, 3.05) is 48.0 Å². The molecule has 0 spiro atoms. The first-order valence-electron chi connectivity index (χ1n) is 16.0. The number of amides is 2. The Morgan fingerprint density at radius 2 is 1.75 bits per heavy atom. The quantitative estimate of drug-likeness (QED) is 0.110. The molecule has 3 N–H and O–H groups in total. The second kappa shape index (κ2) is 12.3. The molecule has 3 aromatic carbocycles. The maximum atomic E-state index is 13.9. The van der Waals surface area contributed by atoms with Gasteiger partial charge in [-0.25, -0.2) is 4.42 Å². The fraction of sp³-hybridized carbons (Fsp3) is 0.278. The lowest BCUT2D eigenvalue weighted by atomic mass is 9.97. The van der Waals surface area contributed by atoms with E-state index in [-0.39, 0.29) is 17.6 Å². The van der Waals surface area contributed by atoms with Gasteiger partial charge in [-0.2, -0.15) is 0 Å². The lowest BCUT2D eigenvalue weighted by molar-refractivity contribution is 0.0981. The molecule has 9 nitrogen and oxygen atoms in total. The number of hydrogen-bond donors (Lipinski definition) is 3. The van der Waals surface area contributed by atoms with Crippen LogP contribution in [0, 0.1) is 6.92 Å². The lowest BCUT2D eigenvalue weighted by Crippen LogP contribution is -2.30. The lowest BCUT2D eigenvalue weighted by Gasteiger charge is -2.17. The molecule has 3 aromatic heterocycles. The molecule has 0 saturated carbocycles. The molecule has 2 aliphatic heterocycles. The molecule has 8 rings (SSSR count). The number of H-pyrrole nitrogens is 2. The minimum absolute atomic E-state index is 0.0580. The van der Waals surface area contributed by atoms with Gasteiger partial charge in [0.05, 0.1) is 16.1 Å². The fourth-order valence-corrected chi connectivity index (χ4v) is 8.50. The van der Waals surface area contributed by atoms with E-state index in [1.807, 2.05) is 30.5 Å². The number of anilines is 2. The van der Waals surface area contributed by atoms with E-state index in [2.05, 4.69) is 14.9 Å². The zero-order valence-electron chi connectivity index (χ0n) is 26.2. The van der Waals surface area contributed by atoms with Crippen LogP contribution in [-0.4, -0.2) is 70.5 Å². The van der Waals surface area contributed by atoms with Gasteiger partial charge in [0, 0.05) is 69.9 Å². The Labute approximate surface area is 290 Å². The maximum absolute atomic E-state index is 13.9. The zero-order chi connectivity index (χ0) is 33.1. The van der Waals surface area contributed by atoms with Gasteiger partial charge in [-0.1, -0.05) is 0 Å². The van der Waals surface area contributed by atoms with Crippen LogP contribution in [0.3, 0.4) is 0 Å². The van der Waals surface area contributed by atoms with Gasteiger partial charge >= 0.3 is 0 Å². The number of nitrogens with one attached hydrogen (secondary N) is 2. The standard InChI is InChI=1S/C36H33Cl2N5O4S/c1-20-19-48-34-31(44)16-30-33(32(20)34)23(17-37)18-42(30)35(45)28-14-21-12-24(4-6-26(21)39-28)43(38)36(46)29-15-22-13-25(5-7-27(22)40-29)47-11-10-41-8-2-3-9-41/h4-7,12-16,19,23,39-40,44H,2-3,8-11,17-18H2,1H3/t23-/m1/s1. The summed E-state index contributed by atoms with van der Waals surface area (Å²) in [7, 11) is 0. The number of thiophene rings is 1. The summed E-state index contributed by atoms with van der Waals surface area (Å²) in [5.41, 5.74) is 5.45. The summed E-state index contributed by atoms with van der Waals surface area (Å²) in [6.07, 6.45) is 2.50. The van der Waals surface area contributed by atoms with E-state index in [1.54, 1.807) is 41.3 Å². The number of hydrogen-bond acceptors (Lipinski definition) is 6. The van der Waals surface area contributed by atoms with Crippen molar-refractivity contribution in [3.63, 3.8) is 0 Å². The van der Waals surface area contributed by atoms with Crippen LogP contribution in [0.2, 0.25) is 0 Å². The molecule has 0 unspecified atom stereocenters. The Hall–Kier alpha value is -4.22. The molecule has 5 heterocycles. The Morgan fingerprint density at radius 1 is 1.02 bits per heavy atom. The molecule has 0 aliphatic carbocycles. The molecule has 2 aliphatic rings. The van der Waals surface area contributed by atoms with Gasteiger partial charge in [0.15, 0.2) is 0 Å². The van der Waals surface area contributed by atoms with Crippen LogP contribution in [0.1, 0.15) is 50.9 Å². The van der Waals surface area contributed by atoms with E-state index in [4.69, 9.17) is 28.1 Å². The number of aromatic hydroxyl groups is 1. The third kappa shape index (κ3) is 5.37. The minimum atomic E-state index is -0.411. The van der Waals surface area contributed by atoms with E-state index in [0.717, 1.165) is 72.8 Å². The highest BCUT2D eigenvalue weighted by Gasteiger charge is 2.36. The molecule has 2 amide bonds. The highest BCUT2D eigenvalue weighted by molar-refractivity contribution is 7.17. The maximum Gasteiger partial charge on any atom is 0.289 e. The average molecular weight is 703 g/mol. The molecule has 12 heteroatoms. The highest BCUT2D eigenvalue weighted by atomic mass is 35.5. The monoisotopic (exact) mass is 701 g/mol. The van der Waals surface area contributed by atoms with E-state index >= 15 is 0 Å². The number of aromatic nitrogens is 2. The Morgan fingerprint density at radius 3 is 2.54 bits per heavy atom. The number of phenols is 1. The number of phenolic OH excluding ortho intramolecular Hbond substituents is 1. The summed E-state index contributed by atoms with van der Waals surface area (Å²) in [5, 5.41) is 15.4. The predicted octanol–water partition coefficient (Wildman–Crippen LogP) is 8.14. The summed E-state index contributed by atoms with van der Waals surface area (Å²) in [6, 6.07) is 16.2. The first-order chi connectivity index (χ1) is 23.3. The molecule has 0 bridgehead atoms. The SMILES string of the molecule is Cc1csc2c(O)cc3c(c12)[C@H](CCl)CN3C(=O)c1cc2cc(N(Cl)C(=O)c3cc4cc(OCCN5CCCC5)ccc4[nH]3)ccc2[nH]1. The number of halogens is 2. The van der Waals surface area contributed by atoms with Gasteiger partial charge in [-0.3, -0.25) is 14.5 Å². The highest BCUT2D eigenvalue weighted by Crippen LogP contribution is 2.48. The number of aryl methyl sites for hydroxylation is 1. The van der Waals surface area contributed by atoms with E-state index in [1.165, 1.54) is 24.2 Å². The molecule has 6 aromatic rings. The van der Waals surface area contributed by atoms with Crippen molar-refractivity contribution in [3.8, 4) is 11.5 Å². The number of nitrogens with zero attached hydrogens (tertiary/aromatic N) is 3. The van der Waals surface area contributed by atoms with Gasteiger partial charge in [-0.15, -0.1) is 22.9 Å². The molecule has 1 saturated heterocycles. The van der Waals surface area contributed by atoms with Crippen molar-refractivity contribution in [2.45, 2.75) is 25.7 Å². The Kier molecular flexibility index (Phi) is 7.99. The van der Waals surface area contributed by atoms with Gasteiger partial charge in [0.2, 0.25) is 0 Å². The normalized spacial score (nSPS) is 16.4. The molecule has 1 atom stereocenters. The number of fused-ring (bicyclic) bond motifs is 5. The molecular weight excluding hydrogens is 669 g/mol. The summed E-state index contributed by atoms with van der Waals surface area (Å²) in [6.45, 7) is 6.20. The van der Waals surface area contributed by atoms with E-state index < -0.39 is 5.91 Å². The third-order valence-electron chi connectivity index (χ3n) is 9.50. The van der Waals surface area contributed by atoms with Gasteiger partial charge in [-0.05, 0) is 97.9 Å². The topological polar surface area (TPSA) is 105 Å². The number of alkyl halides is 1. The summed E-state index contributed by atoms with van der Waals surface area (Å²) in [4.78, 5) is 37.9. The predicted molar refractivity (Wildman–Crippen MR) is 194 cm³/mol. The van der Waals surface area contributed by atoms with Crippen molar-refractivity contribution in [1.29, 1.82) is 0 Å². The molecule has 1 fully saturated rings. The number of benzene rings is 3. The number of likely N-dealkylation sites (tertiary alicyclic amines) is 1. The van der Waals surface area contributed by atoms with Crippen molar-refractivity contribution in [2.24, 2.45) is 0 Å². The van der Waals surface area contributed by atoms with Crippen LogP contribution in [0.5, 0.6) is 11.5 Å². The van der Waals surface area contributed by atoms with E-state index in [0.29, 0.717) is 41.8 Å². The van der Waals surface area contributed by atoms with Crippen LogP contribution >= 0.6 is 34.7 Å². The van der Waals surface area contributed by atoms with E-state index in [9.17, 15) is 14.7 Å². The first-order valence-corrected chi connectivity index (χ1v) is 17.8. The second-order valence-electron chi connectivity index (χ2n) is 12.6. The van der Waals surface area contributed by atoms with Crippen molar-refractivity contribution in [3.05, 3.63) is 82.5 Å². The number of rotatable bonds is 8. The van der Waals surface area contributed by atoms with Crippen molar-refractivity contribution >= 4 is 89.8 Å². The number of aromatic amines is 2. The molecular formula is C36H33Cl2N5O4S. The van der Waals surface area contributed by atoms with Crippen LogP contribution in [0.25, 0.3) is 31.9 Å². The van der Waals surface area contributed by atoms with Gasteiger partial charge < -0.3 is 24.7 Å². The third-order valence-corrected chi connectivity index (χ3v) is 11.3.